The second-order valence-corrected chi connectivity index (χ2v) is 6.10. The number of anilines is 2. The molecule has 4 nitrogen and oxygen atoms in total. The van der Waals surface area contributed by atoms with Gasteiger partial charge in [-0.15, -0.1) is 0 Å². The highest BCUT2D eigenvalue weighted by molar-refractivity contribution is 7.85. The van der Waals surface area contributed by atoms with Crippen LogP contribution in [0.15, 0.2) is 30.5 Å². The summed E-state index contributed by atoms with van der Waals surface area (Å²) in [6, 6.07) is 7.82. The number of rotatable bonds is 1. The Hall–Kier alpha value is -1.62. The second-order valence-electron chi connectivity index (χ2n) is 4.41. The average Bonchev–Trinajstić information content (AvgIpc) is 2.41. The first-order valence-electron chi connectivity index (χ1n) is 5.99. The Morgan fingerprint density at radius 2 is 2.00 bits per heavy atom. The van der Waals surface area contributed by atoms with Gasteiger partial charge in [-0.2, -0.15) is 0 Å². The van der Waals surface area contributed by atoms with Gasteiger partial charge in [0.05, 0.1) is 11.2 Å². The number of fused-ring (bicyclic) bond motifs is 1. The lowest BCUT2D eigenvalue weighted by Crippen LogP contribution is -2.37. The predicted octanol–water partition coefficient (Wildman–Crippen LogP) is 1.39. The molecule has 0 radical (unpaired) electrons. The van der Waals surface area contributed by atoms with E-state index >= 15 is 0 Å². The average molecular weight is 261 g/mol. The lowest BCUT2D eigenvalue weighted by atomic mass is 10.1. The predicted molar refractivity (Wildman–Crippen MR) is 76.2 cm³/mol. The van der Waals surface area contributed by atoms with Crippen LogP contribution in [0.1, 0.15) is 0 Å². The third-order valence-electron chi connectivity index (χ3n) is 3.30. The molecule has 1 fully saturated rings. The minimum atomic E-state index is -0.660. The van der Waals surface area contributed by atoms with Crippen LogP contribution in [0.25, 0.3) is 10.9 Å². The fourth-order valence-electron chi connectivity index (χ4n) is 2.31. The zero-order valence-electron chi connectivity index (χ0n) is 10.0. The molecule has 1 saturated heterocycles. The number of nitrogen functional groups attached to an aromatic ring is 1. The Kier molecular flexibility index (Phi) is 2.91. The van der Waals surface area contributed by atoms with E-state index in [0.717, 1.165) is 46.9 Å². The highest BCUT2D eigenvalue weighted by Gasteiger charge is 2.18. The van der Waals surface area contributed by atoms with E-state index in [2.05, 4.69) is 9.88 Å². The molecule has 94 valence electrons. The molecule has 0 atom stereocenters. The van der Waals surface area contributed by atoms with Gasteiger partial charge in [0.1, 0.15) is 0 Å². The van der Waals surface area contributed by atoms with Crippen molar-refractivity contribution in [2.75, 3.05) is 35.2 Å². The third-order valence-corrected chi connectivity index (χ3v) is 4.58. The molecule has 0 amide bonds. The molecule has 2 aromatic rings. The summed E-state index contributed by atoms with van der Waals surface area (Å²) >= 11 is 0. The maximum absolute atomic E-state index is 11.4. The van der Waals surface area contributed by atoms with Crippen LogP contribution < -0.4 is 10.6 Å². The molecular formula is C13H15N3OS. The quantitative estimate of drug-likeness (QED) is 0.788. The fourth-order valence-corrected chi connectivity index (χ4v) is 3.37. The van der Waals surface area contributed by atoms with Crippen molar-refractivity contribution in [3.05, 3.63) is 30.5 Å². The summed E-state index contributed by atoms with van der Waals surface area (Å²) in [7, 11) is -0.660. The molecule has 0 unspecified atom stereocenters. The Morgan fingerprint density at radius 1 is 1.22 bits per heavy atom. The van der Waals surface area contributed by atoms with Crippen LogP contribution in [0.4, 0.5) is 11.4 Å². The number of nitrogens with zero attached hydrogens (tertiary/aromatic N) is 2. The normalized spacial score (nSPS) is 17.2. The molecule has 0 aliphatic carbocycles. The van der Waals surface area contributed by atoms with Crippen LogP contribution in [0.2, 0.25) is 0 Å². The van der Waals surface area contributed by atoms with E-state index in [1.807, 2.05) is 24.3 Å². The third kappa shape index (κ3) is 1.95. The largest absolute Gasteiger partial charge is 0.398 e. The minimum Gasteiger partial charge on any atom is -0.398 e. The minimum absolute atomic E-state index is 0.660. The molecule has 2 N–H and O–H groups in total. The van der Waals surface area contributed by atoms with Crippen LogP contribution in [0.3, 0.4) is 0 Å². The monoisotopic (exact) mass is 261 g/mol. The zero-order valence-corrected chi connectivity index (χ0v) is 10.8. The Balaban J connectivity index is 2.07. The van der Waals surface area contributed by atoms with Crippen molar-refractivity contribution < 1.29 is 4.21 Å². The standard InChI is InChI=1S/C13H15N3OS/c14-11-3-4-12(13-10(11)2-1-5-15-13)16-6-8-18(17)9-7-16/h1-5H,6-9,14H2. The van der Waals surface area contributed by atoms with Gasteiger partial charge in [-0.3, -0.25) is 9.19 Å². The molecule has 1 aliphatic heterocycles. The smallest absolute Gasteiger partial charge is 0.0955 e. The molecule has 5 heteroatoms. The summed E-state index contributed by atoms with van der Waals surface area (Å²) in [5, 5.41) is 0.988. The molecule has 0 bridgehead atoms. The second kappa shape index (κ2) is 4.57. The van der Waals surface area contributed by atoms with E-state index in [1.165, 1.54) is 0 Å². The molecule has 1 aliphatic rings. The summed E-state index contributed by atoms with van der Waals surface area (Å²) < 4.78 is 11.4. The topological polar surface area (TPSA) is 59.2 Å². The van der Waals surface area contributed by atoms with Crippen molar-refractivity contribution in [3.63, 3.8) is 0 Å². The summed E-state index contributed by atoms with van der Waals surface area (Å²) in [5.74, 6) is 1.47. The first-order chi connectivity index (χ1) is 8.75. The van der Waals surface area contributed by atoms with Crippen LogP contribution in [0.5, 0.6) is 0 Å². The van der Waals surface area contributed by atoms with Crippen LogP contribution in [0, 0.1) is 0 Å². The first kappa shape index (κ1) is 11.5. The lowest BCUT2D eigenvalue weighted by Gasteiger charge is -2.29. The summed E-state index contributed by atoms with van der Waals surface area (Å²) in [5.41, 5.74) is 8.75. The summed E-state index contributed by atoms with van der Waals surface area (Å²) in [6.45, 7) is 1.64. The number of aromatic nitrogens is 1. The van der Waals surface area contributed by atoms with Crippen LogP contribution in [-0.2, 0) is 10.8 Å². The van der Waals surface area contributed by atoms with Crippen LogP contribution in [-0.4, -0.2) is 33.8 Å². The molecule has 0 saturated carbocycles. The summed E-state index contributed by atoms with van der Waals surface area (Å²) in [6.07, 6.45) is 1.79. The van der Waals surface area contributed by atoms with Crippen LogP contribution >= 0.6 is 0 Å². The van der Waals surface area contributed by atoms with Gasteiger partial charge in [0.2, 0.25) is 0 Å². The van der Waals surface area contributed by atoms with Gasteiger partial charge in [-0.1, -0.05) is 0 Å². The van der Waals surface area contributed by atoms with Gasteiger partial charge in [-0.25, -0.2) is 0 Å². The van der Waals surface area contributed by atoms with E-state index in [1.54, 1.807) is 6.20 Å². The van der Waals surface area contributed by atoms with Crippen molar-refractivity contribution in [1.29, 1.82) is 0 Å². The van der Waals surface area contributed by atoms with E-state index in [9.17, 15) is 4.21 Å². The number of pyridine rings is 1. The maximum atomic E-state index is 11.4. The van der Waals surface area contributed by atoms with E-state index in [-0.39, 0.29) is 0 Å². The van der Waals surface area contributed by atoms with Gasteiger partial charge in [0.25, 0.3) is 0 Å². The van der Waals surface area contributed by atoms with Gasteiger partial charge in [-0.05, 0) is 24.3 Å². The maximum Gasteiger partial charge on any atom is 0.0955 e. The Morgan fingerprint density at radius 3 is 2.78 bits per heavy atom. The van der Waals surface area contributed by atoms with Crippen molar-refractivity contribution in [2.24, 2.45) is 0 Å². The lowest BCUT2D eigenvalue weighted by molar-refractivity contribution is 0.673. The van der Waals surface area contributed by atoms with E-state index in [0.29, 0.717) is 0 Å². The molecule has 3 rings (SSSR count). The number of hydrogen-bond donors (Lipinski definition) is 1. The van der Waals surface area contributed by atoms with Gasteiger partial charge in [0, 0.05) is 52.7 Å². The van der Waals surface area contributed by atoms with Gasteiger partial charge in [0.15, 0.2) is 0 Å². The van der Waals surface area contributed by atoms with Gasteiger partial charge < -0.3 is 10.6 Å². The molecule has 0 spiro atoms. The molecule has 2 heterocycles. The molecule has 1 aromatic carbocycles. The number of hydrogen-bond acceptors (Lipinski definition) is 4. The summed E-state index contributed by atoms with van der Waals surface area (Å²) in [4.78, 5) is 6.68. The highest BCUT2D eigenvalue weighted by Crippen LogP contribution is 2.29. The number of benzene rings is 1. The molecule has 1 aromatic heterocycles. The Labute approximate surface area is 108 Å². The van der Waals surface area contributed by atoms with Crippen molar-refractivity contribution in [2.45, 2.75) is 0 Å². The SMILES string of the molecule is Nc1ccc(N2CCS(=O)CC2)c2ncccc12. The molecular weight excluding hydrogens is 246 g/mol. The van der Waals surface area contributed by atoms with Gasteiger partial charge >= 0.3 is 0 Å². The zero-order chi connectivity index (χ0) is 12.5. The van der Waals surface area contributed by atoms with Crippen molar-refractivity contribution in [3.8, 4) is 0 Å². The number of nitrogens with two attached hydrogens (primary N) is 1. The fraction of sp³-hybridized carbons (Fsp3) is 0.308. The van der Waals surface area contributed by atoms with E-state index in [4.69, 9.17) is 5.73 Å². The molecule has 18 heavy (non-hydrogen) atoms. The van der Waals surface area contributed by atoms with Crippen molar-refractivity contribution in [1.82, 2.24) is 4.98 Å². The van der Waals surface area contributed by atoms with E-state index < -0.39 is 10.8 Å². The Bertz CT molecular complexity index is 604. The highest BCUT2D eigenvalue weighted by atomic mass is 32.2. The first-order valence-corrected chi connectivity index (χ1v) is 7.47. The van der Waals surface area contributed by atoms with Crippen molar-refractivity contribution >= 4 is 33.1 Å².